The van der Waals surface area contributed by atoms with Crippen LogP contribution in [0, 0.1) is 5.41 Å². The fourth-order valence-corrected chi connectivity index (χ4v) is 1.76. The second-order valence-corrected chi connectivity index (χ2v) is 5.13. The molecular formula is C12H27N. The molecule has 1 nitrogen and oxygen atoms in total. The Labute approximate surface area is 84.3 Å². The molecule has 0 spiro atoms. The van der Waals surface area contributed by atoms with Crippen LogP contribution in [0.4, 0.5) is 0 Å². The molecule has 0 aliphatic carbocycles. The third-order valence-corrected chi connectivity index (χ3v) is 2.51. The maximum Gasteiger partial charge on any atom is 0.00103 e. The third-order valence-electron chi connectivity index (χ3n) is 2.51. The SMILES string of the molecule is CCCC(C)(C)CCCNC(C)C. The minimum absolute atomic E-state index is 0.549. The first-order valence-corrected chi connectivity index (χ1v) is 5.71. The summed E-state index contributed by atoms with van der Waals surface area (Å²) in [6, 6.07) is 0.634. The van der Waals surface area contributed by atoms with Crippen LogP contribution in [0.1, 0.15) is 60.3 Å². The van der Waals surface area contributed by atoms with E-state index in [4.69, 9.17) is 0 Å². The summed E-state index contributed by atoms with van der Waals surface area (Å²) in [5.41, 5.74) is 0.549. The monoisotopic (exact) mass is 185 g/mol. The second kappa shape index (κ2) is 6.42. The summed E-state index contributed by atoms with van der Waals surface area (Å²) in [6.45, 7) is 12.6. The molecule has 0 amide bonds. The summed E-state index contributed by atoms with van der Waals surface area (Å²) in [5, 5.41) is 3.46. The van der Waals surface area contributed by atoms with E-state index in [0.717, 1.165) is 0 Å². The minimum Gasteiger partial charge on any atom is -0.315 e. The van der Waals surface area contributed by atoms with Crippen molar-refractivity contribution in [2.45, 2.75) is 66.3 Å². The van der Waals surface area contributed by atoms with Crippen molar-refractivity contribution in [2.24, 2.45) is 5.41 Å². The Hall–Kier alpha value is -0.0400. The smallest absolute Gasteiger partial charge is 0.00103 e. The first kappa shape index (κ1) is 13.0. The zero-order valence-electron chi connectivity index (χ0n) is 10.1. The summed E-state index contributed by atoms with van der Waals surface area (Å²) < 4.78 is 0. The fourth-order valence-electron chi connectivity index (χ4n) is 1.76. The van der Waals surface area contributed by atoms with Gasteiger partial charge in [-0.2, -0.15) is 0 Å². The molecule has 0 rings (SSSR count). The number of hydrogen-bond donors (Lipinski definition) is 1. The number of nitrogens with one attached hydrogen (secondary N) is 1. The van der Waals surface area contributed by atoms with Crippen molar-refractivity contribution in [1.82, 2.24) is 5.32 Å². The van der Waals surface area contributed by atoms with Gasteiger partial charge in [-0.15, -0.1) is 0 Å². The van der Waals surface area contributed by atoms with Gasteiger partial charge in [0.1, 0.15) is 0 Å². The molecule has 80 valence electrons. The number of rotatable bonds is 7. The van der Waals surface area contributed by atoms with Gasteiger partial charge < -0.3 is 5.32 Å². The van der Waals surface area contributed by atoms with E-state index in [0.29, 0.717) is 11.5 Å². The van der Waals surface area contributed by atoms with Gasteiger partial charge in [0, 0.05) is 6.04 Å². The van der Waals surface area contributed by atoms with Gasteiger partial charge in [0.25, 0.3) is 0 Å². The van der Waals surface area contributed by atoms with Crippen LogP contribution in [0.2, 0.25) is 0 Å². The van der Waals surface area contributed by atoms with Gasteiger partial charge in [0.2, 0.25) is 0 Å². The van der Waals surface area contributed by atoms with Crippen LogP contribution >= 0.6 is 0 Å². The van der Waals surface area contributed by atoms with E-state index in [2.05, 4.69) is 39.9 Å². The highest BCUT2D eigenvalue weighted by Gasteiger charge is 2.15. The highest BCUT2D eigenvalue weighted by atomic mass is 14.9. The average Bonchev–Trinajstić information content (AvgIpc) is 1.98. The van der Waals surface area contributed by atoms with Gasteiger partial charge in [0.05, 0.1) is 0 Å². The molecule has 0 bridgehead atoms. The maximum absolute atomic E-state index is 3.46. The van der Waals surface area contributed by atoms with Crippen molar-refractivity contribution >= 4 is 0 Å². The molecule has 0 aliphatic rings. The molecule has 1 heteroatoms. The zero-order valence-corrected chi connectivity index (χ0v) is 10.1. The Balaban J connectivity index is 3.40. The minimum atomic E-state index is 0.549. The van der Waals surface area contributed by atoms with E-state index < -0.39 is 0 Å². The molecule has 0 saturated carbocycles. The van der Waals surface area contributed by atoms with Crippen molar-refractivity contribution in [3.8, 4) is 0 Å². The van der Waals surface area contributed by atoms with Crippen LogP contribution in [0.15, 0.2) is 0 Å². The molecule has 0 radical (unpaired) electrons. The zero-order chi connectivity index (χ0) is 10.3. The van der Waals surface area contributed by atoms with Crippen molar-refractivity contribution in [1.29, 1.82) is 0 Å². The van der Waals surface area contributed by atoms with Gasteiger partial charge in [-0.1, -0.05) is 41.0 Å². The molecule has 0 unspecified atom stereocenters. The van der Waals surface area contributed by atoms with Gasteiger partial charge in [-0.3, -0.25) is 0 Å². The topological polar surface area (TPSA) is 12.0 Å². The molecule has 0 aromatic rings. The molecule has 1 N–H and O–H groups in total. The molecule has 0 aromatic heterocycles. The van der Waals surface area contributed by atoms with Gasteiger partial charge in [-0.25, -0.2) is 0 Å². The van der Waals surface area contributed by atoms with Crippen LogP contribution in [-0.2, 0) is 0 Å². The van der Waals surface area contributed by atoms with Gasteiger partial charge >= 0.3 is 0 Å². The summed E-state index contributed by atoms with van der Waals surface area (Å²) in [7, 11) is 0. The first-order chi connectivity index (χ1) is 5.98. The lowest BCUT2D eigenvalue weighted by atomic mass is 9.83. The average molecular weight is 185 g/mol. The predicted molar refractivity (Wildman–Crippen MR) is 61.1 cm³/mol. The molecule has 13 heavy (non-hydrogen) atoms. The molecule has 0 saturated heterocycles. The Morgan fingerprint density at radius 2 is 1.77 bits per heavy atom. The Morgan fingerprint density at radius 1 is 1.15 bits per heavy atom. The lowest BCUT2D eigenvalue weighted by molar-refractivity contribution is 0.292. The third kappa shape index (κ3) is 8.29. The highest BCUT2D eigenvalue weighted by Crippen LogP contribution is 2.27. The number of hydrogen-bond acceptors (Lipinski definition) is 1. The molecule has 0 heterocycles. The van der Waals surface area contributed by atoms with E-state index in [1.54, 1.807) is 0 Å². The molecule has 0 aliphatic heterocycles. The van der Waals surface area contributed by atoms with Crippen molar-refractivity contribution in [2.75, 3.05) is 6.54 Å². The van der Waals surface area contributed by atoms with Crippen molar-refractivity contribution in [3.05, 3.63) is 0 Å². The normalized spacial score (nSPS) is 12.5. The lowest BCUT2D eigenvalue weighted by Gasteiger charge is -2.24. The van der Waals surface area contributed by atoms with Crippen LogP contribution in [0.3, 0.4) is 0 Å². The quantitative estimate of drug-likeness (QED) is 0.598. The second-order valence-electron chi connectivity index (χ2n) is 5.13. The van der Waals surface area contributed by atoms with E-state index in [1.807, 2.05) is 0 Å². The summed E-state index contributed by atoms with van der Waals surface area (Å²) in [5.74, 6) is 0. The fraction of sp³-hybridized carbons (Fsp3) is 1.00. The Morgan fingerprint density at radius 3 is 2.23 bits per heavy atom. The van der Waals surface area contributed by atoms with Crippen LogP contribution in [-0.4, -0.2) is 12.6 Å². The van der Waals surface area contributed by atoms with Gasteiger partial charge in [0.15, 0.2) is 0 Å². The first-order valence-electron chi connectivity index (χ1n) is 5.71. The van der Waals surface area contributed by atoms with E-state index in [1.165, 1.54) is 32.2 Å². The highest BCUT2D eigenvalue weighted by molar-refractivity contribution is 4.68. The van der Waals surface area contributed by atoms with Crippen LogP contribution < -0.4 is 5.32 Å². The van der Waals surface area contributed by atoms with Crippen molar-refractivity contribution in [3.63, 3.8) is 0 Å². The Kier molecular flexibility index (Phi) is 6.40. The summed E-state index contributed by atoms with van der Waals surface area (Å²) in [4.78, 5) is 0. The molecular weight excluding hydrogens is 158 g/mol. The summed E-state index contributed by atoms with van der Waals surface area (Å²) in [6.07, 6.45) is 5.32. The van der Waals surface area contributed by atoms with Crippen molar-refractivity contribution < 1.29 is 0 Å². The predicted octanol–water partition coefficient (Wildman–Crippen LogP) is 3.59. The largest absolute Gasteiger partial charge is 0.315 e. The maximum atomic E-state index is 3.46. The van der Waals surface area contributed by atoms with Crippen LogP contribution in [0.5, 0.6) is 0 Å². The van der Waals surface area contributed by atoms with E-state index >= 15 is 0 Å². The molecule has 0 fully saturated rings. The molecule has 0 aromatic carbocycles. The van der Waals surface area contributed by atoms with E-state index in [9.17, 15) is 0 Å². The van der Waals surface area contributed by atoms with E-state index in [-0.39, 0.29) is 0 Å². The summed E-state index contributed by atoms with van der Waals surface area (Å²) >= 11 is 0. The lowest BCUT2D eigenvalue weighted by Crippen LogP contribution is -2.25. The van der Waals surface area contributed by atoms with Crippen LogP contribution in [0.25, 0.3) is 0 Å². The molecule has 0 atom stereocenters. The Bertz CT molecular complexity index is 116. The van der Waals surface area contributed by atoms with Gasteiger partial charge in [-0.05, 0) is 31.2 Å². The standard InChI is InChI=1S/C12H27N/c1-6-8-12(4,5)9-7-10-13-11(2)3/h11,13H,6-10H2,1-5H3.